The molecule has 0 saturated carbocycles. The molecule has 2 nitrogen and oxygen atoms in total. The van der Waals surface area contributed by atoms with Crippen LogP contribution in [0.1, 0.15) is 16.7 Å². The predicted molar refractivity (Wildman–Crippen MR) is 116 cm³/mol. The number of likely N-dealkylation sites (tertiary alicyclic amines) is 1. The van der Waals surface area contributed by atoms with Crippen LogP contribution in [0, 0.1) is 0 Å². The number of carbonyl (C=O) groups excluding carboxylic acids is 1. The molecule has 3 aromatic carbocycles. The SMILES string of the molecule is O=C1C(=Cc2ccccc2)CN(Cc2ccccc2)C/C1=C\c1ccccc1. The Balaban J connectivity index is 1.66. The van der Waals surface area contributed by atoms with E-state index >= 15 is 0 Å². The molecule has 0 atom stereocenters. The van der Waals surface area contributed by atoms with Crippen LogP contribution in [0.4, 0.5) is 0 Å². The highest BCUT2D eigenvalue weighted by Gasteiger charge is 2.26. The maximum atomic E-state index is 13.2. The summed E-state index contributed by atoms with van der Waals surface area (Å²) in [6, 6.07) is 30.6. The standard InChI is InChI=1S/C26H23NO/c28-26-24(16-21-10-4-1-5-11-21)19-27(18-23-14-8-3-9-15-23)20-25(26)17-22-12-6-2-7-13-22/h1-17H,18-20H2/b24-16+,25-17?. The van der Waals surface area contributed by atoms with Gasteiger partial charge in [-0.3, -0.25) is 9.69 Å². The minimum Gasteiger partial charge on any atom is -0.290 e. The van der Waals surface area contributed by atoms with Crippen LogP contribution in [-0.2, 0) is 11.3 Å². The fraction of sp³-hybridized carbons (Fsp3) is 0.115. The van der Waals surface area contributed by atoms with Gasteiger partial charge < -0.3 is 0 Å². The zero-order valence-corrected chi connectivity index (χ0v) is 15.8. The summed E-state index contributed by atoms with van der Waals surface area (Å²) in [5.41, 5.74) is 5.07. The van der Waals surface area contributed by atoms with E-state index in [9.17, 15) is 4.79 Å². The molecule has 0 radical (unpaired) electrons. The average molecular weight is 365 g/mol. The quantitative estimate of drug-likeness (QED) is 0.590. The Kier molecular flexibility index (Phi) is 5.60. The molecule has 1 aliphatic heterocycles. The minimum atomic E-state index is 0.150. The molecule has 0 spiro atoms. The minimum absolute atomic E-state index is 0.150. The van der Waals surface area contributed by atoms with Gasteiger partial charge in [0.15, 0.2) is 5.78 Å². The summed E-state index contributed by atoms with van der Waals surface area (Å²) in [7, 11) is 0. The van der Waals surface area contributed by atoms with E-state index in [-0.39, 0.29) is 5.78 Å². The molecule has 28 heavy (non-hydrogen) atoms. The molecule has 0 amide bonds. The third-order valence-corrected chi connectivity index (χ3v) is 4.90. The Labute approximate surface area is 166 Å². The molecular formula is C26H23NO. The highest BCUT2D eigenvalue weighted by Crippen LogP contribution is 2.23. The fourth-order valence-corrected chi connectivity index (χ4v) is 3.56. The molecule has 1 aliphatic rings. The summed E-state index contributed by atoms with van der Waals surface area (Å²) in [6.45, 7) is 2.15. The Hall–Kier alpha value is -3.23. The van der Waals surface area contributed by atoms with Crippen LogP contribution in [0.3, 0.4) is 0 Å². The summed E-state index contributed by atoms with van der Waals surface area (Å²) in [4.78, 5) is 15.5. The van der Waals surface area contributed by atoms with Crippen LogP contribution >= 0.6 is 0 Å². The monoisotopic (exact) mass is 365 g/mol. The number of benzene rings is 3. The Morgan fingerprint density at radius 1 is 0.643 bits per heavy atom. The van der Waals surface area contributed by atoms with Gasteiger partial charge in [-0.1, -0.05) is 91.0 Å². The molecule has 1 saturated heterocycles. The molecule has 0 aromatic heterocycles. The summed E-state index contributed by atoms with van der Waals surface area (Å²) < 4.78 is 0. The van der Waals surface area contributed by atoms with Crippen molar-refractivity contribution in [3.63, 3.8) is 0 Å². The summed E-state index contributed by atoms with van der Waals surface area (Å²) in [5.74, 6) is 0.150. The van der Waals surface area contributed by atoms with Crippen molar-refractivity contribution in [3.05, 3.63) is 119 Å². The second-order valence-electron chi connectivity index (χ2n) is 7.12. The van der Waals surface area contributed by atoms with Gasteiger partial charge in [-0.25, -0.2) is 0 Å². The van der Waals surface area contributed by atoms with Gasteiger partial charge in [0.2, 0.25) is 0 Å². The van der Waals surface area contributed by atoms with Crippen LogP contribution in [0.15, 0.2) is 102 Å². The van der Waals surface area contributed by atoms with Gasteiger partial charge in [0.05, 0.1) is 0 Å². The van der Waals surface area contributed by atoms with Crippen LogP contribution in [0.5, 0.6) is 0 Å². The van der Waals surface area contributed by atoms with Gasteiger partial charge in [0.1, 0.15) is 0 Å². The van der Waals surface area contributed by atoms with E-state index in [1.807, 2.05) is 78.9 Å². The van der Waals surface area contributed by atoms with Crippen molar-refractivity contribution in [1.29, 1.82) is 0 Å². The number of Topliss-reactive ketones (excluding diaryl/α,β-unsaturated/α-hetero) is 1. The van der Waals surface area contributed by atoms with Crippen molar-refractivity contribution in [2.24, 2.45) is 0 Å². The number of carbonyl (C=O) groups is 1. The van der Waals surface area contributed by atoms with Crippen LogP contribution in [-0.4, -0.2) is 23.8 Å². The number of nitrogens with zero attached hydrogens (tertiary/aromatic N) is 1. The van der Waals surface area contributed by atoms with Crippen LogP contribution in [0.25, 0.3) is 12.2 Å². The predicted octanol–water partition coefficient (Wildman–Crippen LogP) is 5.24. The maximum Gasteiger partial charge on any atom is 0.187 e. The molecule has 0 bridgehead atoms. The van der Waals surface area contributed by atoms with E-state index < -0.39 is 0 Å². The fourth-order valence-electron chi connectivity index (χ4n) is 3.56. The first-order valence-electron chi connectivity index (χ1n) is 9.60. The van der Waals surface area contributed by atoms with E-state index in [2.05, 4.69) is 29.2 Å². The van der Waals surface area contributed by atoms with Gasteiger partial charge in [-0.15, -0.1) is 0 Å². The Bertz CT molecular complexity index is 927. The molecule has 3 aromatic rings. The van der Waals surface area contributed by atoms with E-state index in [4.69, 9.17) is 0 Å². The molecule has 0 aliphatic carbocycles. The third kappa shape index (κ3) is 4.54. The van der Waals surface area contributed by atoms with Crippen molar-refractivity contribution in [3.8, 4) is 0 Å². The van der Waals surface area contributed by atoms with Crippen molar-refractivity contribution in [2.45, 2.75) is 6.54 Å². The van der Waals surface area contributed by atoms with Crippen LogP contribution in [0.2, 0.25) is 0 Å². The Morgan fingerprint density at radius 2 is 1.07 bits per heavy atom. The lowest BCUT2D eigenvalue weighted by atomic mass is 9.94. The summed E-state index contributed by atoms with van der Waals surface area (Å²) >= 11 is 0. The summed E-state index contributed by atoms with van der Waals surface area (Å²) in [5, 5.41) is 0. The zero-order chi connectivity index (χ0) is 19.2. The first-order valence-corrected chi connectivity index (χ1v) is 9.60. The largest absolute Gasteiger partial charge is 0.290 e. The highest BCUT2D eigenvalue weighted by molar-refractivity contribution is 6.14. The first-order chi connectivity index (χ1) is 13.8. The molecule has 0 unspecified atom stereocenters. The molecule has 1 heterocycles. The molecule has 4 rings (SSSR count). The third-order valence-electron chi connectivity index (χ3n) is 4.90. The first kappa shape index (κ1) is 18.1. The topological polar surface area (TPSA) is 20.3 Å². The number of rotatable bonds is 4. The highest BCUT2D eigenvalue weighted by atomic mass is 16.1. The molecule has 2 heteroatoms. The van der Waals surface area contributed by atoms with Gasteiger partial charge in [0.25, 0.3) is 0 Å². The maximum absolute atomic E-state index is 13.2. The van der Waals surface area contributed by atoms with Gasteiger partial charge >= 0.3 is 0 Å². The lowest BCUT2D eigenvalue weighted by Crippen LogP contribution is -2.37. The second kappa shape index (κ2) is 8.64. The van der Waals surface area contributed by atoms with Crippen molar-refractivity contribution < 1.29 is 4.79 Å². The normalized spacial score (nSPS) is 17.9. The van der Waals surface area contributed by atoms with Gasteiger partial charge in [-0.05, 0) is 28.8 Å². The molecule has 1 fully saturated rings. The lowest BCUT2D eigenvalue weighted by Gasteiger charge is -2.30. The van der Waals surface area contributed by atoms with Gasteiger partial charge in [-0.2, -0.15) is 0 Å². The van der Waals surface area contributed by atoms with E-state index in [1.165, 1.54) is 5.56 Å². The number of hydrogen-bond donors (Lipinski definition) is 0. The van der Waals surface area contributed by atoms with E-state index in [0.29, 0.717) is 13.1 Å². The zero-order valence-electron chi connectivity index (χ0n) is 15.8. The summed E-state index contributed by atoms with van der Waals surface area (Å²) in [6.07, 6.45) is 4.05. The average Bonchev–Trinajstić information content (AvgIpc) is 2.74. The second-order valence-corrected chi connectivity index (χ2v) is 7.12. The Morgan fingerprint density at radius 3 is 1.54 bits per heavy atom. The van der Waals surface area contributed by atoms with Crippen LogP contribution < -0.4 is 0 Å². The van der Waals surface area contributed by atoms with Crippen molar-refractivity contribution >= 4 is 17.9 Å². The molecular weight excluding hydrogens is 342 g/mol. The molecule has 138 valence electrons. The number of piperidine rings is 1. The number of hydrogen-bond acceptors (Lipinski definition) is 2. The van der Waals surface area contributed by atoms with Crippen molar-refractivity contribution in [1.82, 2.24) is 4.90 Å². The lowest BCUT2D eigenvalue weighted by molar-refractivity contribution is -0.113. The smallest absolute Gasteiger partial charge is 0.187 e. The van der Waals surface area contributed by atoms with Gasteiger partial charge in [0, 0.05) is 30.8 Å². The van der Waals surface area contributed by atoms with E-state index in [1.54, 1.807) is 0 Å². The van der Waals surface area contributed by atoms with Crippen molar-refractivity contribution in [2.75, 3.05) is 13.1 Å². The van der Waals surface area contributed by atoms with E-state index in [0.717, 1.165) is 28.8 Å². The molecule has 0 N–H and O–H groups in total. The number of ketones is 1.